The summed E-state index contributed by atoms with van der Waals surface area (Å²) in [6.45, 7) is 2.84. The van der Waals surface area contributed by atoms with Crippen molar-refractivity contribution in [2.24, 2.45) is 0 Å². The molecule has 0 amide bonds. The van der Waals surface area contributed by atoms with Crippen LogP contribution in [0.2, 0.25) is 0 Å². The van der Waals surface area contributed by atoms with Crippen LogP contribution in [0.25, 0.3) is 5.69 Å². The van der Waals surface area contributed by atoms with Crippen LogP contribution in [0.5, 0.6) is 11.5 Å². The second-order valence-corrected chi connectivity index (χ2v) is 5.15. The zero-order chi connectivity index (χ0) is 15.8. The molecule has 0 unspecified atom stereocenters. The second kappa shape index (κ2) is 8.27. The Balaban J connectivity index is 2.22. The summed E-state index contributed by atoms with van der Waals surface area (Å²) in [7, 11) is 1.61. The zero-order valence-electron chi connectivity index (χ0n) is 13.2. The minimum atomic E-state index is -0.0911. The summed E-state index contributed by atoms with van der Waals surface area (Å²) in [5.74, 6) is 1.40. The number of benzene rings is 1. The molecular weight excluding hydrogens is 278 g/mol. The molecule has 4 nitrogen and oxygen atoms in total. The molecule has 0 aliphatic carbocycles. The van der Waals surface area contributed by atoms with Crippen LogP contribution in [0.3, 0.4) is 0 Å². The topological polar surface area (TPSA) is 40.5 Å². The van der Waals surface area contributed by atoms with E-state index in [-0.39, 0.29) is 5.56 Å². The Morgan fingerprint density at radius 2 is 1.95 bits per heavy atom. The highest BCUT2D eigenvalue weighted by atomic mass is 16.5. The number of methoxy groups -OCH3 is 1. The molecule has 1 aromatic heterocycles. The van der Waals surface area contributed by atoms with E-state index in [1.165, 1.54) is 18.9 Å². The summed E-state index contributed by atoms with van der Waals surface area (Å²) < 4.78 is 12.7. The molecule has 22 heavy (non-hydrogen) atoms. The molecule has 4 heteroatoms. The van der Waals surface area contributed by atoms with E-state index in [0.29, 0.717) is 23.8 Å². The summed E-state index contributed by atoms with van der Waals surface area (Å²) in [5.41, 5.74) is 0.618. The fourth-order valence-electron chi connectivity index (χ4n) is 2.27. The maximum absolute atomic E-state index is 12.1. The number of pyridine rings is 1. The second-order valence-electron chi connectivity index (χ2n) is 5.15. The van der Waals surface area contributed by atoms with Crippen molar-refractivity contribution in [2.45, 2.75) is 32.6 Å². The molecule has 0 saturated heterocycles. The van der Waals surface area contributed by atoms with Gasteiger partial charge < -0.3 is 9.47 Å². The molecule has 0 aliphatic rings. The fraction of sp³-hybridized carbons (Fsp3) is 0.389. The molecule has 1 heterocycles. The Morgan fingerprint density at radius 3 is 2.68 bits per heavy atom. The highest BCUT2D eigenvalue weighted by Crippen LogP contribution is 2.27. The lowest BCUT2D eigenvalue weighted by atomic mass is 10.2. The van der Waals surface area contributed by atoms with Gasteiger partial charge in [0.05, 0.1) is 19.4 Å². The Hall–Kier alpha value is -2.23. The molecule has 2 aromatic rings. The number of unbranched alkanes of at least 4 members (excludes halogenated alkanes) is 3. The molecule has 0 saturated carbocycles. The Morgan fingerprint density at radius 1 is 1.09 bits per heavy atom. The van der Waals surface area contributed by atoms with Crippen LogP contribution in [0.4, 0.5) is 0 Å². The lowest BCUT2D eigenvalue weighted by Gasteiger charge is -2.14. The first kappa shape index (κ1) is 16.1. The highest BCUT2D eigenvalue weighted by Gasteiger charge is 2.09. The quantitative estimate of drug-likeness (QED) is 0.696. The first-order valence-electron chi connectivity index (χ1n) is 7.75. The van der Waals surface area contributed by atoms with Gasteiger partial charge in [-0.1, -0.05) is 32.3 Å². The standard InChI is InChI=1S/C18H23NO3/c1-3-4-5-8-13-22-17-11-10-15(21-2)14-16(17)19-12-7-6-9-18(19)20/h6-7,9-12,14H,3-5,8,13H2,1-2H3. The SMILES string of the molecule is CCCCCCOc1ccc(OC)cc1-n1ccccc1=O. The number of hydrogen-bond donors (Lipinski definition) is 0. The van der Waals surface area contributed by atoms with Crippen molar-refractivity contribution >= 4 is 0 Å². The summed E-state index contributed by atoms with van der Waals surface area (Å²) in [6.07, 6.45) is 6.33. The summed E-state index contributed by atoms with van der Waals surface area (Å²) in [4.78, 5) is 12.1. The van der Waals surface area contributed by atoms with Crippen molar-refractivity contribution in [3.8, 4) is 17.2 Å². The Labute approximate surface area is 131 Å². The number of aromatic nitrogens is 1. The lowest BCUT2D eigenvalue weighted by Crippen LogP contribution is -2.16. The van der Waals surface area contributed by atoms with Crippen LogP contribution in [-0.4, -0.2) is 18.3 Å². The van der Waals surface area contributed by atoms with Crippen LogP contribution in [0, 0.1) is 0 Å². The van der Waals surface area contributed by atoms with Crippen LogP contribution >= 0.6 is 0 Å². The summed E-state index contributed by atoms with van der Waals surface area (Å²) >= 11 is 0. The predicted molar refractivity (Wildman–Crippen MR) is 88.2 cm³/mol. The monoisotopic (exact) mass is 301 g/mol. The molecular formula is C18H23NO3. The van der Waals surface area contributed by atoms with Gasteiger partial charge in [0, 0.05) is 18.3 Å². The predicted octanol–water partition coefficient (Wildman–Crippen LogP) is 3.81. The zero-order valence-corrected chi connectivity index (χ0v) is 13.2. The molecule has 0 spiro atoms. The van der Waals surface area contributed by atoms with Gasteiger partial charge in [-0.15, -0.1) is 0 Å². The van der Waals surface area contributed by atoms with Gasteiger partial charge >= 0.3 is 0 Å². The van der Waals surface area contributed by atoms with Crippen LogP contribution in [-0.2, 0) is 0 Å². The van der Waals surface area contributed by atoms with Gasteiger partial charge in [0.1, 0.15) is 11.5 Å². The number of hydrogen-bond acceptors (Lipinski definition) is 3. The van der Waals surface area contributed by atoms with Gasteiger partial charge in [0.15, 0.2) is 0 Å². The van der Waals surface area contributed by atoms with Crippen molar-refractivity contribution in [1.29, 1.82) is 0 Å². The van der Waals surface area contributed by atoms with Gasteiger partial charge in [-0.05, 0) is 24.6 Å². The van der Waals surface area contributed by atoms with E-state index in [9.17, 15) is 4.79 Å². The molecule has 0 bridgehead atoms. The third kappa shape index (κ3) is 4.13. The van der Waals surface area contributed by atoms with E-state index in [2.05, 4.69) is 6.92 Å². The van der Waals surface area contributed by atoms with E-state index in [4.69, 9.17) is 9.47 Å². The first-order valence-corrected chi connectivity index (χ1v) is 7.75. The number of nitrogens with zero attached hydrogens (tertiary/aromatic N) is 1. The Kier molecular flexibility index (Phi) is 6.07. The minimum Gasteiger partial charge on any atom is -0.497 e. The first-order chi connectivity index (χ1) is 10.8. The number of rotatable bonds is 8. The van der Waals surface area contributed by atoms with Crippen molar-refractivity contribution in [2.75, 3.05) is 13.7 Å². The molecule has 0 N–H and O–H groups in total. The summed E-state index contributed by atoms with van der Waals surface area (Å²) in [5, 5.41) is 0. The smallest absolute Gasteiger partial charge is 0.255 e. The molecule has 0 atom stereocenters. The van der Waals surface area contributed by atoms with Crippen molar-refractivity contribution < 1.29 is 9.47 Å². The maximum Gasteiger partial charge on any atom is 0.255 e. The minimum absolute atomic E-state index is 0.0911. The molecule has 1 aromatic carbocycles. The fourth-order valence-corrected chi connectivity index (χ4v) is 2.27. The third-order valence-electron chi connectivity index (χ3n) is 3.50. The van der Waals surface area contributed by atoms with E-state index in [1.807, 2.05) is 24.3 Å². The van der Waals surface area contributed by atoms with Crippen molar-refractivity contribution in [1.82, 2.24) is 4.57 Å². The molecule has 0 radical (unpaired) electrons. The van der Waals surface area contributed by atoms with Crippen LogP contribution < -0.4 is 15.0 Å². The Bertz CT molecular complexity index is 649. The highest BCUT2D eigenvalue weighted by molar-refractivity contribution is 5.51. The van der Waals surface area contributed by atoms with Crippen molar-refractivity contribution in [3.63, 3.8) is 0 Å². The van der Waals surface area contributed by atoms with Gasteiger partial charge in [-0.3, -0.25) is 9.36 Å². The average Bonchev–Trinajstić information content (AvgIpc) is 2.55. The number of ether oxygens (including phenoxy) is 2. The molecule has 0 aliphatic heterocycles. The molecule has 118 valence electrons. The van der Waals surface area contributed by atoms with Crippen LogP contribution in [0.15, 0.2) is 47.4 Å². The average molecular weight is 301 g/mol. The van der Waals surface area contributed by atoms with E-state index in [0.717, 1.165) is 12.8 Å². The van der Waals surface area contributed by atoms with Gasteiger partial charge in [0.2, 0.25) is 0 Å². The van der Waals surface area contributed by atoms with Gasteiger partial charge in [0.25, 0.3) is 5.56 Å². The van der Waals surface area contributed by atoms with Crippen LogP contribution in [0.1, 0.15) is 32.6 Å². The normalized spacial score (nSPS) is 10.5. The van der Waals surface area contributed by atoms with E-state index < -0.39 is 0 Å². The maximum atomic E-state index is 12.1. The van der Waals surface area contributed by atoms with E-state index >= 15 is 0 Å². The summed E-state index contributed by atoms with van der Waals surface area (Å²) in [6, 6.07) is 10.6. The van der Waals surface area contributed by atoms with Crippen molar-refractivity contribution in [3.05, 3.63) is 52.9 Å². The van der Waals surface area contributed by atoms with Gasteiger partial charge in [-0.25, -0.2) is 0 Å². The lowest BCUT2D eigenvalue weighted by molar-refractivity contribution is 0.303. The molecule has 2 rings (SSSR count). The largest absolute Gasteiger partial charge is 0.497 e. The van der Waals surface area contributed by atoms with E-state index in [1.54, 1.807) is 23.9 Å². The molecule has 0 fully saturated rings. The van der Waals surface area contributed by atoms with Gasteiger partial charge in [-0.2, -0.15) is 0 Å². The third-order valence-corrected chi connectivity index (χ3v) is 3.50.